The van der Waals surface area contributed by atoms with E-state index in [1.807, 2.05) is 6.07 Å². The third kappa shape index (κ3) is 4.14. The number of halogens is 1. The van der Waals surface area contributed by atoms with Gasteiger partial charge in [-0.1, -0.05) is 11.2 Å². The number of fused-ring (bicyclic) bond motifs is 2. The fourth-order valence-electron chi connectivity index (χ4n) is 4.76. The van der Waals surface area contributed by atoms with Crippen molar-refractivity contribution in [2.75, 3.05) is 44.8 Å². The summed E-state index contributed by atoms with van der Waals surface area (Å²) >= 11 is 0. The van der Waals surface area contributed by atoms with Gasteiger partial charge in [-0.2, -0.15) is 0 Å². The molecule has 0 spiro atoms. The zero-order valence-corrected chi connectivity index (χ0v) is 18.0. The van der Waals surface area contributed by atoms with Crippen molar-refractivity contribution < 1.29 is 23.2 Å². The summed E-state index contributed by atoms with van der Waals surface area (Å²) in [6, 6.07) is 12.1. The molecule has 2 fully saturated rings. The minimum absolute atomic E-state index is 0.279. The quantitative estimate of drug-likeness (QED) is 0.561. The molecule has 0 unspecified atom stereocenters. The van der Waals surface area contributed by atoms with E-state index in [0.717, 1.165) is 50.2 Å². The molecule has 2 atom stereocenters. The second kappa shape index (κ2) is 8.78. The summed E-state index contributed by atoms with van der Waals surface area (Å²) in [5, 5.41) is 4.95. The molecule has 0 saturated carbocycles. The molecule has 2 aliphatic rings. The van der Waals surface area contributed by atoms with Gasteiger partial charge < -0.3 is 18.9 Å². The maximum absolute atomic E-state index is 13.7. The lowest BCUT2D eigenvalue weighted by atomic mass is 9.91. The molecule has 2 saturated heterocycles. The van der Waals surface area contributed by atoms with Gasteiger partial charge in [0.15, 0.2) is 11.4 Å². The van der Waals surface area contributed by atoms with Gasteiger partial charge in [0.2, 0.25) is 0 Å². The number of carbonyl (C=O) groups is 1. The Kier molecular flexibility index (Phi) is 5.70. The van der Waals surface area contributed by atoms with Gasteiger partial charge >= 0.3 is 5.97 Å². The van der Waals surface area contributed by atoms with Crippen molar-refractivity contribution in [1.29, 1.82) is 0 Å². The lowest BCUT2D eigenvalue weighted by Gasteiger charge is -2.46. The molecule has 3 heterocycles. The maximum atomic E-state index is 13.7. The standard InChI is InChI=1S/C24H26FN3O4/c1-30-24(29)17-3-2-4-20(11-17)31-15-16-5-7-19-14-28(10-9-27(19)13-16)23-21-12-18(25)6-8-22(21)32-26-23/h2-4,6,8,11-12,16,19H,5,7,9-10,13-15H2,1H3/t16-,19+/m1/s1. The van der Waals surface area contributed by atoms with Gasteiger partial charge in [-0.25, -0.2) is 9.18 Å². The Labute approximate surface area is 185 Å². The molecule has 0 bridgehead atoms. The molecule has 0 N–H and O–H groups in total. The van der Waals surface area contributed by atoms with Crippen LogP contribution in [0.3, 0.4) is 0 Å². The predicted octanol–water partition coefficient (Wildman–Crippen LogP) is 3.73. The van der Waals surface area contributed by atoms with E-state index >= 15 is 0 Å². The van der Waals surface area contributed by atoms with Gasteiger partial charge in [0, 0.05) is 38.1 Å². The molecular formula is C24H26FN3O4. The van der Waals surface area contributed by atoms with Crippen molar-refractivity contribution in [3.05, 3.63) is 53.8 Å². The number of hydrogen-bond donors (Lipinski definition) is 0. The number of esters is 1. The van der Waals surface area contributed by atoms with E-state index in [1.165, 1.54) is 19.2 Å². The molecule has 32 heavy (non-hydrogen) atoms. The highest BCUT2D eigenvalue weighted by molar-refractivity contribution is 5.90. The van der Waals surface area contributed by atoms with Crippen molar-refractivity contribution in [3.63, 3.8) is 0 Å². The molecule has 2 aliphatic heterocycles. The Balaban J connectivity index is 1.18. The van der Waals surface area contributed by atoms with Crippen LogP contribution < -0.4 is 9.64 Å². The first-order valence-corrected chi connectivity index (χ1v) is 11.0. The van der Waals surface area contributed by atoms with Crippen molar-refractivity contribution in [2.45, 2.75) is 18.9 Å². The monoisotopic (exact) mass is 439 g/mol. The summed E-state index contributed by atoms with van der Waals surface area (Å²) in [6.45, 7) is 4.19. The second-order valence-corrected chi connectivity index (χ2v) is 8.52. The summed E-state index contributed by atoms with van der Waals surface area (Å²) in [7, 11) is 1.37. The van der Waals surface area contributed by atoms with E-state index in [1.54, 1.807) is 24.3 Å². The van der Waals surface area contributed by atoms with Crippen LogP contribution in [0, 0.1) is 11.7 Å². The minimum atomic E-state index is -0.364. The van der Waals surface area contributed by atoms with Gasteiger partial charge in [-0.05, 0) is 49.2 Å². The zero-order valence-electron chi connectivity index (χ0n) is 18.0. The van der Waals surface area contributed by atoms with Crippen LogP contribution in [0.4, 0.5) is 10.2 Å². The highest BCUT2D eigenvalue weighted by Crippen LogP contribution is 2.32. The van der Waals surface area contributed by atoms with E-state index in [0.29, 0.717) is 35.5 Å². The number of hydrogen-bond acceptors (Lipinski definition) is 7. The van der Waals surface area contributed by atoms with Gasteiger partial charge in [0.1, 0.15) is 11.6 Å². The van der Waals surface area contributed by atoms with E-state index in [4.69, 9.17) is 14.0 Å². The number of carbonyl (C=O) groups excluding carboxylic acids is 1. The van der Waals surface area contributed by atoms with E-state index in [2.05, 4.69) is 15.0 Å². The molecule has 168 valence electrons. The molecule has 0 radical (unpaired) electrons. The Morgan fingerprint density at radius 2 is 2.09 bits per heavy atom. The number of aromatic nitrogens is 1. The normalized spacial score (nSPS) is 21.4. The van der Waals surface area contributed by atoms with Crippen LogP contribution in [0.5, 0.6) is 5.75 Å². The van der Waals surface area contributed by atoms with Crippen LogP contribution in [-0.4, -0.2) is 62.0 Å². The summed E-state index contributed by atoms with van der Waals surface area (Å²) in [5.41, 5.74) is 1.10. The SMILES string of the molecule is COC(=O)c1cccc(OC[C@@H]2CC[C@H]3CN(c4noc5ccc(F)cc45)CCN3C2)c1. The molecule has 2 aromatic carbocycles. The average Bonchev–Trinajstić information content (AvgIpc) is 3.25. The summed E-state index contributed by atoms with van der Waals surface area (Å²) in [6.07, 6.45) is 2.14. The summed E-state index contributed by atoms with van der Waals surface area (Å²) in [4.78, 5) is 16.4. The number of rotatable bonds is 5. The summed E-state index contributed by atoms with van der Waals surface area (Å²) in [5.74, 6) is 1.20. The number of piperazine rings is 1. The number of benzene rings is 2. The first kappa shape index (κ1) is 20.8. The molecule has 0 aliphatic carbocycles. The Morgan fingerprint density at radius 1 is 1.19 bits per heavy atom. The first-order chi connectivity index (χ1) is 15.6. The highest BCUT2D eigenvalue weighted by atomic mass is 19.1. The Bertz CT molecular complexity index is 1120. The van der Waals surface area contributed by atoms with E-state index < -0.39 is 0 Å². The fraction of sp³-hybridized carbons (Fsp3) is 0.417. The third-order valence-corrected chi connectivity index (χ3v) is 6.46. The third-order valence-electron chi connectivity index (χ3n) is 6.46. The van der Waals surface area contributed by atoms with Gasteiger partial charge in [-0.3, -0.25) is 4.90 Å². The largest absolute Gasteiger partial charge is 0.493 e. The molecule has 1 aromatic heterocycles. The van der Waals surface area contributed by atoms with Crippen LogP contribution in [0.2, 0.25) is 0 Å². The topological polar surface area (TPSA) is 68.0 Å². The molecule has 8 heteroatoms. The van der Waals surface area contributed by atoms with Crippen LogP contribution >= 0.6 is 0 Å². The smallest absolute Gasteiger partial charge is 0.337 e. The highest BCUT2D eigenvalue weighted by Gasteiger charge is 2.34. The van der Waals surface area contributed by atoms with Crippen LogP contribution in [0.25, 0.3) is 11.0 Å². The van der Waals surface area contributed by atoms with Crippen molar-refractivity contribution >= 4 is 22.8 Å². The minimum Gasteiger partial charge on any atom is -0.493 e. The van der Waals surface area contributed by atoms with Crippen molar-refractivity contribution in [3.8, 4) is 5.75 Å². The van der Waals surface area contributed by atoms with Gasteiger partial charge in [-0.15, -0.1) is 0 Å². The Morgan fingerprint density at radius 3 is 2.97 bits per heavy atom. The van der Waals surface area contributed by atoms with Crippen molar-refractivity contribution in [1.82, 2.24) is 10.1 Å². The molecular weight excluding hydrogens is 413 g/mol. The fourth-order valence-corrected chi connectivity index (χ4v) is 4.76. The maximum Gasteiger partial charge on any atom is 0.337 e. The number of piperidine rings is 1. The van der Waals surface area contributed by atoms with E-state index in [-0.39, 0.29) is 11.8 Å². The zero-order chi connectivity index (χ0) is 22.1. The molecule has 0 amide bonds. The number of ether oxygens (including phenoxy) is 2. The molecule has 5 rings (SSSR count). The van der Waals surface area contributed by atoms with Crippen LogP contribution in [0.15, 0.2) is 47.0 Å². The van der Waals surface area contributed by atoms with Gasteiger partial charge in [0.25, 0.3) is 0 Å². The number of anilines is 1. The van der Waals surface area contributed by atoms with E-state index in [9.17, 15) is 9.18 Å². The molecule has 7 nitrogen and oxygen atoms in total. The van der Waals surface area contributed by atoms with Crippen LogP contribution in [-0.2, 0) is 4.74 Å². The lowest BCUT2D eigenvalue weighted by Crippen LogP contribution is -2.57. The van der Waals surface area contributed by atoms with Crippen molar-refractivity contribution in [2.24, 2.45) is 5.92 Å². The van der Waals surface area contributed by atoms with Crippen LogP contribution in [0.1, 0.15) is 23.2 Å². The first-order valence-electron chi connectivity index (χ1n) is 11.0. The number of methoxy groups -OCH3 is 1. The average molecular weight is 439 g/mol. The molecule has 3 aromatic rings. The second-order valence-electron chi connectivity index (χ2n) is 8.52. The number of nitrogens with zero attached hydrogens (tertiary/aromatic N) is 3. The predicted molar refractivity (Wildman–Crippen MR) is 118 cm³/mol. The van der Waals surface area contributed by atoms with Gasteiger partial charge in [0.05, 0.1) is 24.7 Å². The Hall–Kier alpha value is -3.13. The lowest BCUT2D eigenvalue weighted by molar-refractivity contribution is 0.0599. The summed E-state index contributed by atoms with van der Waals surface area (Å²) < 4.78 is 29.9.